The van der Waals surface area contributed by atoms with Crippen LogP contribution in [0.4, 0.5) is 0 Å². The quantitative estimate of drug-likeness (QED) is 0.648. The number of nitrogens with zero attached hydrogens (tertiary/aromatic N) is 1. The first kappa shape index (κ1) is 11.0. The molecule has 0 radical (unpaired) electrons. The van der Waals surface area contributed by atoms with Crippen molar-refractivity contribution >= 4 is 10.9 Å². The molecule has 0 aliphatic carbocycles. The Bertz CT molecular complexity index is 672. The molecule has 0 spiro atoms. The number of hydrogen-bond acceptors (Lipinski definition) is 1. The zero-order valence-corrected chi connectivity index (χ0v) is 10.4. The van der Waals surface area contributed by atoms with E-state index < -0.39 is 0 Å². The van der Waals surface area contributed by atoms with Gasteiger partial charge in [-0.25, -0.2) is 0 Å². The van der Waals surface area contributed by atoms with Gasteiger partial charge in [-0.2, -0.15) is 0 Å². The highest BCUT2D eigenvalue weighted by atomic mass is 14.6. The van der Waals surface area contributed by atoms with Crippen LogP contribution in [0.2, 0.25) is 0 Å². The van der Waals surface area contributed by atoms with E-state index >= 15 is 0 Å². The van der Waals surface area contributed by atoms with Crippen LogP contribution >= 0.6 is 0 Å². The van der Waals surface area contributed by atoms with Gasteiger partial charge in [0.2, 0.25) is 0 Å². The molecule has 1 heterocycles. The fourth-order valence-electron chi connectivity index (χ4n) is 2.35. The summed E-state index contributed by atoms with van der Waals surface area (Å²) in [6.07, 6.45) is 2.83. The lowest BCUT2D eigenvalue weighted by atomic mass is 9.97. The fourth-order valence-corrected chi connectivity index (χ4v) is 2.35. The van der Waals surface area contributed by atoms with Gasteiger partial charge >= 0.3 is 0 Å². The highest BCUT2D eigenvalue weighted by Gasteiger charge is 2.04. The van der Waals surface area contributed by atoms with Gasteiger partial charge in [0.05, 0.1) is 5.52 Å². The van der Waals surface area contributed by atoms with Crippen molar-refractivity contribution < 1.29 is 0 Å². The van der Waals surface area contributed by atoms with E-state index in [1.54, 1.807) is 0 Å². The molecule has 0 aliphatic rings. The molecule has 0 unspecified atom stereocenters. The summed E-state index contributed by atoms with van der Waals surface area (Å²) in [7, 11) is 0. The lowest BCUT2D eigenvalue weighted by molar-refractivity contribution is 1.16. The maximum atomic E-state index is 4.39. The molecule has 0 saturated heterocycles. The molecule has 0 saturated carbocycles. The van der Waals surface area contributed by atoms with Crippen LogP contribution in [0, 0.1) is 6.92 Å². The van der Waals surface area contributed by atoms with Crippen molar-refractivity contribution in [1.82, 2.24) is 4.98 Å². The van der Waals surface area contributed by atoms with Gasteiger partial charge in [0.1, 0.15) is 0 Å². The zero-order valence-electron chi connectivity index (χ0n) is 10.4. The molecular weight excluding hydrogens is 218 g/mol. The van der Waals surface area contributed by atoms with Crippen LogP contribution in [-0.4, -0.2) is 4.98 Å². The first-order chi connectivity index (χ1) is 8.84. The van der Waals surface area contributed by atoms with E-state index in [-0.39, 0.29) is 0 Å². The summed E-state index contributed by atoms with van der Waals surface area (Å²) < 4.78 is 0. The van der Waals surface area contributed by atoms with Crippen molar-refractivity contribution in [3.05, 3.63) is 77.5 Å². The third-order valence-electron chi connectivity index (χ3n) is 3.40. The first-order valence-corrected chi connectivity index (χ1v) is 6.22. The first-order valence-electron chi connectivity index (χ1n) is 6.22. The van der Waals surface area contributed by atoms with Gasteiger partial charge in [0.25, 0.3) is 0 Å². The number of hydrogen-bond donors (Lipinski definition) is 0. The maximum absolute atomic E-state index is 4.39. The molecule has 2 aromatic carbocycles. The molecule has 1 aromatic heterocycles. The van der Waals surface area contributed by atoms with Crippen molar-refractivity contribution in [1.29, 1.82) is 0 Å². The van der Waals surface area contributed by atoms with Crippen molar-refractivity contribution in [2.24, 2.45) is 0 Å². The van der Waals surface area contributed by atoms with Gasteiger partial charge in [-0.15, -0.1) is 0 Å². The highest BCUT2D eigenvalue weighted by molar-refractivity contribution is 5.83. The molecule has 88 valence electrons. The Hall–Kier alpha value is -2.15. The van der Waals surface area contributed by atoms with E-state index in [0.29, 0.717) is 0 Å². The van der Waals surface area contributed by atoms with Gasteiger partial charge in [-0.1, -0.05) is 42.5 Å². The van der Waals surface area contributed by atoms with Crippen LogP contribution in [0.25, 0.3) is 10.9 Å². The minimum absolute atomic E-state index is 0.984. The Kier molecular flexibility index (Phi) is 2.81. The molecular formula is C17H15N. The summed E-state index contributed by atoms with van der Waals surface area (Å²) in [4.78, 5) is 4.39. The summed E-state index contributed by atoms with van der Waals surface area (Å²) in [6.45, 7) is 2.18. The molecule has 0 bridgehead atoms. The monoisotopic (exact) mass is 233 g/mol. The molecule has 3 aromatic rings. The largest absolute Gasteiger partial charge is 0.256 e. The molecule has 1 nitrogen and oxygen atoms in total. The summed E-state index contributed by atoms with van der Waals surface area (Å²) >= 11 is 0. The van der Waals surface area contributed by atoms with E-state index in [9.17, 15) is 0 Å². The summed E-state index contributed by atoms with van der Waals surface area (Å²) in [6, 6.07) is 19.0. The SMILES string of the molecule is Cc1c(Cc2ccccc2)ccc2ncccc12. The van der Waals surface area contributed by atoms with Crippen LogP contribution in [0.15, 0.2) is 60.8 Å². The Morgan fingerprint density at radius 2 is 1.72 bits per heavy atom. The number of pyridine rings is 1. The average molecular weight is 233 g/mol. The van der Waals surface area contributed by atoms with E-state index in [2.05, 4.69) is 60.4 Å². The maximum Gasteiger partial charge on any atom is 0.0704 e. The number of fused-ring (bicyclic) bond motifs is 1. The second-order valence-electron chi connectivity index (χ2n) is 4.58. The van der Waals surface area contributed by atoms with Gasteiger partial charge in [0, 0.05) is 11.6 Å². The third kappa shape index (κ3) is 2.00. The van der Waals surface area contributed by atoms with E-state index in [1.165, 1.54) is 22.1 Å². The van der Waals surface area contributed by atoms with Crippen molar-refractivity contribution in [2.75, 3.05) is 0 Å². The molecule has 0 N–H and O–H groups in total. The average Bonchev–Trinajstić information content (AvgIpc) is 2.43. The van der Waals surface area contributed by atoms with Gasteiger partial charge in [-0.05, 0) is 42.2 Å². The summed E-state index contributed by atoms with van der Waals surface area (Å²) in [5, 5.41) is 1.26. The Labute approximate surface area is 107 Å². The van der Waals surface area contributed by atoms with E-state index in [1.807, 2.05) is 12.3 Å². The van der Waals surface area contributed by atoms with Crippen LogP contribution in [-0.2, 0) is 6.42 Å². The number of rotatable bonds is 2. The predicted octanol–water partition coefficient (Wildman–Crippen LogP) is 4.13. The van der Waals surface area contributed by atoms with Crippen molar-refractivity contribution in [3.8, 4) is 0 Å². The Morgan fingerprint density at radius 3 is 2.56 bits per heavy atom. The second-order valence-corrected chi connectivity index (χ2v) is 4.58. The summed E-state index contributed by atoms with van der Waals surface area (Å²) in [5.41, 5.74) is 5.14. The van der Waals surface area contributed by atoms with Gasteiger partial charge < -0.3 is 0 Å². The molecule has 0 atom stereocenters. The number of aromatic nitrogens is 1. The molecule has 0 fully saturated rings. The second kappa shape index (κ2) is 4.61. The van der Waals surface area contributed by atoms with E-state index in [4.69, 9.17) is 0 Å². The van der Waals surface area contributed by atoms with E-state index in [0.717, 1.165) is 11.9 Å². The van der Waals surface area contributed by atoms with Crippen LogP contribution in [0.1, 0.15) is 16.7 Å². The third-order valence-corrected chi connectivity index (χ3v) is 3.40. The van der Waals surface area contributed by atoms with Gasteiger partial charge in [-0.3, -0.25) is 4.98 Å². The van der Waals surface area contributed by atoms with Crippen molar-refractivity contribution in [2.45, 2.75) is 13.3 Å². The molecule has 0 amide bonds. The highest BCUT2D eigenvalue weighted by Crippen LogP contribution is 2.22. The molecule has 1 heteroatoms. The summed E-state index contributed by atoms with van der Waals surface area (Å²) in [5.74, 6) is 0. The standard InChI is InChI=1S/C17H15N/c1-13-15(12-14-6-3-2-4-7-14)9-10-17-16(13)8-5-11-18-17/h2-11H,12H2,1H3. The minimum Gasteiger partial charge on any atom is -0.256 e. The topological polar surface area (TPSA) is 12.9 Å². The minimum atomic E-state index is 0.984. The Morgan fingerprint density at radius 1 is 0.889 bits per heavy atom. The Balaban J connectivity index is 2.05. The van der Waals surface area contributed by atoms with Gasteiger partial charge in [0.15, 0.2) is 0 Å². The van der Waals surface area contributed by atoms with Crippen LogP contribution in [0.5, 0.6) is 0 Å². The molecule has 18 heavy (non-hydrogen) atoms. The van der Waals surface area contributed by atoms with Crippen LogP contribution in [0.3, 0.4) is 0 Å². The number of benzene rings is 2. The number of aryl methyl sites for hydroxylation is 1. The lowest BCUT2D eigenvalue weighted by Gasteiger charge is -2.09. The molecule has 0 aliphatic heterocycles. The van der Waals surface area contributed by atoms with Crippen LogP contribution < -0.4 is 0 Å². The molecule has 3 rings (SSSR count). The normalized spacial score (nSPS) is 10.7. The van der Waals surface area contributed by atoms with Crippen molar-refractivity contribution in [3.63, 3.8) is 0 Å². The smallest absolute Gasteiger partial charge is 0.0704 e. The lowest BCUT2D eigenvalue weighted by Crippen LogP contribution is -1.93. The fraction of sp³-hybridized carbons (Fsp3) is 0.118. The zero-order chi connectivity index (χ0) is 12.4. The predicted molar refractivity (Wildman–Crippen MR) is 75.7 cm³/mol.